The maximum atomic E-state index is 10.9. The molecule has 90 valence electrons. The zero-order chi connectivity index (χ0) is 12.4. The van der Waals surface area contributed by atoms with E-state index in [2.05, 4.69) is 27.8 Å². The van der Waals surface area contributed by atoms with E-state index in [0.717, 1.165) is 34.2 Å². The lowest BCUT2D eigenvalue weighted by atomic mass is 10.3. The van der Waals surface area contributed by atoms with E-state index in [9.17, 15) is 4.79 Å². The first-order valence-corrected chi connectivity index (χ1v) is 6.27. The minimum absolute atomic E-state index is 0.0394. The standard InChI is InChI=1S/C12H13BrN2O2/c1-2-3-11-14-9-5-4-8(13)6-10(9)15(11)7-12(16)17/h4-6H,2-3,7H2,1H3,(H,16,17). The fourth-order valence-corrected chi connectivity index (χ4v) is 2.22. The van der Waals surface area contributed by atoms with E-state index in [1.807, 2.05) is 18.2 Å². The Morgan fingerprint density at radius 1 is 1.53 bits per heavy atom. The summed E-state index contributed by atoms with van der Waals surface area (Å²) in [4.78, 5) is 15.4. The molecule has 0 amide bonds. The summed E-state index contributed by atoms with van der Waals surface area (Å²) in [7, 11) is 0. The van der Waals surface area contributed by atoms with E-state index in [1.165, 1.54) is 0 Å². The molecule has 0 aliphatic heterocycles. The summed E-state index contributed by atoms with van der Waals surface area (Å²) in [5.74, 6) is -0.00960. The molecular formula is C12H13BrN2O2. The van der Waals surface area contributed by atoms with Gasteiger partial charge in [-0.2, -0.15) is 0 Å². The molecule has 0 fully saturated rings. The molecule has 1 aromatic carbocycles. The van der Waals surface area contributed by atoms with Gasteiger partial charge in [0.2, 0.25) is 0 Å². The first-order chi connectivity index (χ1) is 8.11. The number of aryl methyl sites for hydroxylation is 1. The fraction of sp³-hybridized carbons (Fsp3) is 0.333. The fourth-order valence-electron chi connectivity index (χ4n) is 1.87. The van der Waals surface area contributed by atoms with Gasteiger partial charge in [-0.1, -0.05) is 22.9 Å². The van der Waals surface area contributed by atoms with E-state index in [0.29, 0.717) is 0 Å². The minimum Gasteiger partial charge on any atom is -0.480 e. The molecule has 0 saturated heterocycles. The summed E-state index contributed by atoms with van der Waals surface area (Å²) in [5.41, 5.74) is 1.71. The maximum Gasteiger partial charge on any atom is 0.323 e. The predicted octanol–water partition coefficient (Wildman–Crippen LogP) is 2.84. The Balaban J connectivity index is 2.59. The van der Waals surface area contributed by atoms with Gasteiger partial charge in [-0.05, 0) is 24.6 Å². The van der Waals surface area contributed by atoms with Crippen molar-refractivity contribution in [2.45, 2.75) is 26.3 Å². The van der Waals surface area contributed by atoms with E-state index in [4.69, 9.17) is 5.11 Å². The van der Waals surface area contributed by atoms with Gasteiger partial charge in [-0.15, -0.1) is 0 Å². The monoisotopic (exact) mass is 296 g/mol. The summed E-state index contributed by atoms with van der Waals surface area (Å²) in [5, 5.41) is 8.95. The number of halogens is 1. The zero-order valence-corrected chi connectivity index (χ0v) is 11.1. The lowest BCUT2D eigenvalue weighted by Gasteiger charge is -2.05. The quantitative estimate of drug-likeness (QED) is 0.944. The number of nitrogens with zero attached hydrogens (tertiary/aromatic N) is 2. The number of aromatic nitrogens is 2. The topological polar surface area (TPSA) is 55.1 Å². The first kappa shape index (κ1) is 12.1. The number of carboxylic acids is 1. The molecule has 17 heavy (non-hydrogen) atoms. The largest absolute Gasteiger partial charge is 0.480 e. The molecule has 0 atom stereocenters. The molecule has 0 radical (unpaired) electrons. The third kappa shape index (κ3) is 2.49. The van der Waals surface area contributed by atoms with Crippen LogP contribution in [0.1, 0.15) is 19.2 Å². The molecule has 0 unspecified atom stereocenters. The molecule has 0 bridgehead atoms. The number of aliphatic carboxylic acids is 1. The summed E-state index contributed by atoms with van der Waals surface area (Å²) < 4.78 is 2.70. The lowest BCUT2D eigenvalue weighted by molar-refractivity contribution is -0.137. The molecule has 0 saturated carbocycles. The van der Waals surface area contributed by atoms with Crippen LogP contribution < -0.4 is 0 Å². The summed E-state index contributed by atoms with van der Waals surface area (Å²) in [6.07, 6.45) is 1.74. The molecule has 2 rings (SSSR count). The van der Waals surface area contributed by atoms with Gasteiger partial charge < -0.3 is 9.67 Å². The highest BCUT2D eigenvalue weighted by molar-refractivity contribution is 9.10. The lowest BCUT2D eigenvalue weighted by Crippen LogP contribution is -2.11. The van der Waals surface area contributed by atoms with Crippen LogP contribution in [-0.2, 0) is 17.8 Å². The minimum atomic E-state index is -0.846. The maximum absolute atomic E-state index is 10.9. The summed E-state index contributed by atoms with van der Waals surface area (Å²) in [6, 6.07) is 5.72. The highest BCUT2D eigenvalue weighted by Gasteiger charge is 2.12. The van der Waals surface area contributed by atoms with Crippen molar-refractivity contribution >= 4 is 32.9 Å². The Hall–Kier alpha value is -1.36. The number of rotatable bonds is 4. The number of imidazole rings is 1. The first-order valence-electron chi connectivity index (χ1n) is 5.48. The van der Waals surface area contributed by atoms with Crippen molar-refractivity contribution in [1.82, 2.24) is 9.55 Å². The Labute approximate surface area is 107 Å². The van der Waals surface area contributed by atoms with Gasteiger partial charge in [0.1, 0.15) is 12.4 Å². The molecule has 0 aliphatic carbocycles. The van der Waals surface area contributed by atoms with Crippen LogP contribution in [0.2, 0.25) is 0 Å². The highest BCUT2D eigenvalue weighted by atomic mass is 79.9. The smallest absolute Gasteiger partial charge is 0.323 e. The van der Waals surface area contributed by atoms with Crippen LogP contribution >= 0.6 is 15.9 Å². The van der Waals surface area contributed by atoms with Crippen molar-refractivity contribution in [2.24, 2.45) is 0 Å². The van der Waals surface area contributed by atoms with E-state index >= 15 is 0 Å². The summed E-state index contributed by atoms with van der Waals surface area (Å²) in [6.45, 7) is 2.02. The molecule has 0 aliphatic rings. The van der Waals surface area contributed by atoms with Gasteiger partial charge in [0.25, 0.3) is 0 Å². The third-order valence-corrected chi connectivity index (χ3v) is 3.05. The van der Waals surface area contributed by atoms with Crippen molar-refractivity contribution in [3.63, 3.8) is 0 Å². The van der Waals surface area contributed by atoms with Crippen LogP contribution in [0.3, 0.4) is 0 Å². The number of benzene rings is 1. The van der Waals surface area contributed by atoms with Crippen molar-refractivity contribution < 1.29 is 9.90 Å². The normalized spacial score (nSPS) is 10.9. The van der Waals surface area contributed by atoms with E-state index in [1.54, 1.807) is 4.57 Å². The van der Waals surface area contributed by atoms with Crippen LogP contribution in [0.4, 0.5) is 0 Å². The Kier molecular flexibility index (Phi) is 3.47. The number of carboxylic acid groups (broad SMARTS) is 1. The van der Waals surface area contributed by atoms with E-state index in [-0.39, 0.29) is 6.54 Å². The average molecular weight is 297 g/mol. The highest BCUT2D eigenvalue weighted by Crippen LogP contribution is 2.21. The zero-order valence-electron chi connectivity index (χ0n) is 9.48. The van der Waals surface area contributed by atoms with Gasteiger partial charge >= 0.3 is 5.97 Å². The SMILES string of the molecule is CCCc1nc2ccc(Br)cc2n1CC(=O)O. The van der Waals surface area contributed by atoms with Crippen molar-refractivity contribution in [1.29, 1.82) is 0 Å². The molecule has 1 N–H and O–H groups in total. The van der Waals surface area contributed by atoms with Crippen LogP contribution in [-0.4, -0.2) is 20.6 Å². The molecule has 4 nitrogen and oxygen atoms in total. The number of hydrogen-bond donors (Lipinski definition) is 1. The predicted molar refractivity (Wildman–Crippen MR) is 69.1 cm³/mol. The Morgan fingerprint density at radius 3 is 2.94 bits per heavy atom. The van der Waals surface area contributed by atoms with Crippen LogP contribution in [0.5, 0.6) is 0 Å². The van der Waals surface area contributed by atoms with Crippen LogP contribution in [0.25, 0.3) is 11.0 Å². The van der Waals surface area contributed by atoms with Crippen LogP contribution in [0, 0.1) is 0 Å². The average Bonchev–Trinajstić information content (AvgIpc) is 2.57. The molecule has 2 aromatic rings. The Morgan fingerprint density at radius 2 is 2.29 bits per heavy atom. The van der Waals surface area contributed by atoms with Crippen molar-refractivity contribution in [3.8, 4) is 0 Å². The van der Waals surface area contributed by atoms with Gasteiger partial charge in [0.05, 0.1) is 11.0 Å². The number of hydrogen-bond acceptors (Lipinski definition) is 2. The third-order valence-electron chi connectivity index (χ3n) is 2.56. The van der Waals surface area contributed by atoms with Crippen LogP contribution in [0.15, 0.2) is 22.7 Å². The molecule has 1 aromatic heterocycles. The molecule has 0 spiro atoms. The molecule has 5 heteroatoms. The van der Waals surface area contributed by atoms with Gasteiger partial charge in [0, 0.05) is 10.9 Å². The Bertz CT molecular complexity index is 563. The molecule has 1 heterocycles. The van der Waals surface area contributed by atoms with E-state index < -0.39 is 5.97 Å². The molecular weight excluding hydrogens is 284 g/mol. The van der Waals surface area contributed by atoms with Gasteiger partial charge in [-0.3, -0.25) is 4.79 Å². The van der Waals surface area contributed by atoms with Crippen molar-refractivity contribution in [2.75, 3.05) is 0 Å². The summed E-state index contributed by atoms with van der Waals surface area (Å²) >= 11 is 3.39. The number of fused-ring (bicyclic) bond motifs is 1. The van der Waals surface area contributed by atoms with Gasteiger partial charge in [0.15, 0.2) is 0 Å². The second-order valence-electron chi connectivity index (χ2n) is 3.89. The van der Waals surface area contributed by atoms with Crippen molar-refractivity contribution in [3.05, 3.63) is 28.5 Å². The van der Waals surface area contributed by atoms with Gasteiger partial charge in [-0.25, -0.2) is 4.98 Å². The number of carbonyl (C=O) groups is 1. The second kappa shape index (κ2) is 4.87. The second-order valence-corrected chi connectivity index (χ2v) is 4.81.